The standard InChI is InChI=1S/C20H33N3O2/c1-17(2)16-20(24)21-10-6-7-11-22-12-14-23(15-13-22)18-8-4-5-9-19(18)25-3/h4-5,8-9,17H,6-7,10-16H2,1-3H3,(H,21,24). The van der Waals surface area contributed by atoms with E-state index in [0.29, 0.717) is 12.3 Å². The van der Waals surface area contributed by atoms with Crippen molar-refractivity contribution in [1.29, 1.82) is 0 Å². The number of nitrogens with one attached hydrogen (secondary N) is 1. The maximum atomic E-state index is 11.6. The molecule has 0 radical (unpaired) electrons. The van der Waals surface area contributed by atoms with Crippen LogP contribution in [0.1, 0.15) is 33.1 Å². The fraction of sp³-hybridized carbons (Fsp3) is 0.650. The van der Waals surface area contributed by atoms with Crippen LogP contribution in [-0.4, -0.2) is 57.2 Å². The van der Waals surface area contributed by atoms with E-state index >= 15 is 0 Å². The van der Waals surface area contributed by atoms with Gasteiger partial charge in [0.25, 0.3) is 0 Å². The van der Waals surface area contributed by atoms with Crippen LogP contribution in [0, 0.1) is 5.92 Å². The van der Waals surface area contributed by atoms with E-state index in [1.807, 2.05) is 12.1 Å². The van der Waals surface area contributed by atoms with Crippen LogP contribution in [0.5, 0.6) is 5.75 Å². The van der Waals surface area contributed by atoms with Crippen LogP contribution in [-0.2, 0) is 4.79 Å². The van der Waals surface area contributed by atoms with Gasteiger partial charge in [0, 0.05) is 39.1 Å². The Balaban J connectivity index is 1.62. The van der Waals surface area contributed by atoms with Crippen molar-refractivity contribution >= 4 is 11.6 Å². The highest BCUT2D eigenvalue weighted by molar-refractivity contribution is 5.75. The molecule has 1 saturated heterocycles. The third-order valence-electron chi connectivity index (χ3n) is 4.62. The van der Waals surface area contributed by atoms with Crippen LogP contribution in [0.15, 0.2) is 24.3 Å². The summed E-state index contributed by atoms with van der Waals surface area (Å²) >= 11 is 0. The number of hydrogen-bond acceptors (Lipinski definition) is 4. The van der Waals surface area contributed by atoms with Crippen molar-refractivity contribution in [3.63, 3.8) is 0 Å². The summed E-state index contributed by atoms with van der Waals surface area (Å²) in [5.74, 6) is 1.56. The zero-order chi connectivity index (χ0) is 18.1. The molecule has 1 N–H and O–H groups in total. The first-order valence-corrected chi connectivity index (χ1v) is 9.47. The molecule has 0 aliphatic carbocycles. The first-order chi connectivity index (χ1) is 12.1. The van der Waals surface area contributed by atoms with Gasteiger partial charge in [-0.3, -0.25) is 9.69 Å². The van der Waals surface area contributed by atoms with Crippen LogP contribution < -0.4 is 15.0 Å². The minimum atomic E-state index is 0.181. The number of ether oxygens (including phenoxy) is 1. The molecule has 1 amide bonds. The monoisotopic (exact) mass is 347 g/mol. The molecule has 1 heterocycles. The lowest BCUT2D eigenvalue weighted by molar-refractivity contribution is -0.121. The molecule has 25 heavy (non-hydrogen) atoms. The lowest BCUT2D eigenvalue weighted by Crippen LogP contribution is -2.46. The summed E-state index contributed by atoms with van der Waals surface area (Å²) in [5.41, 5.74) is 1.19. The van der Waals surface area contributed by atoms with Gasteiger partial charge in [0.15, 0.2) is 0 Å². The number of nitrogens with zero attached hydrogens (tertiary/aromatic N) is 2. The number of anilines is 1. The van der Waals surface area contributed by atoms with Crippen molar-refractivity contribution in [3.8, 4) is 5.75 Å². The number of unbranched alkanes of at least 4 members (excludes halogenated alkanes) is 1. The minimum absolute atomic E-state index is 0.181. The van der Waals surface area contributed by atoms with E-state index in [1.54, 1.807) is 7.11 Å². The third-order valence-corrected chi connectivity index (χ3v) is 4.62. The predicted molar refractivity (Wildman–Crippen MR) is 103 cm³/mol. The molecule has 5 nitrogen and oxygen atoms in total. The predicted octanol–water partition coefficient (Wildman–Crippen LogP) is 2.76. The summed E-state index contributed by atoms with van der Waals surface area (Å²) in [7, 11) is 1.73. The van der Waals surface area contributed by atoms with Crippen LogP contribution in [0.4, 0.5) is 5.69 Å². The number of methoxy groups -OCH3 is 1. The first kappa shape index (κ1) is 19.6. The van der Waals surface area contributed by atoms with Crippen molar-refractivity contribution < 1.29 is 9.53 Å². The molecule has 5 heteroatoms. The van der Waals surface area contributed by atoms with E-state index in [2.05, 4.69) is 41.1 Å². The number of carbonyl (C=O) groups excluding carboxylic acids is 1. The van der Waals surface area contributed by atoms with E-state index in [-0.39, 0.29) is 5.91 Å². The molecule has 0 unspecified atom stereocenters. The van der Waals surface area contributed by atoms with E-state index < -0.39 is 0 Å². The van der Waals surface area contributed by atoms with Gasteiger partial charge < -0.3 is 15.0 Å². The molecule has 0 aromatic heterocycles. The van der Waals surface area contributed by atoms with Gasteiger partial charge in [-0.15, -0.1) is 0 Å². The highest BCUT2D eigenvalue weighted by atomic mass is 16.5. The minimum Gasteiger partial charge on any atom is -0.495 e. The Labute approximate surface area is 152 Å². The fourth-order valence-electron chi connectivity index (χ4n) is 3.23. The van der Waals surface area contributed by atoms with Gasteiger partial charge in [0.05, 0.1) is 12.8 Å². The Kier molecular flexibility index (Phi) is 8.06. The molecule has 1 aliphatic heterocycles. The van der Waals surface area contributed by atoms with Gasteiger partial charge in [-0.2, -0.15) is 0 Å². The molecular formula is C20H33N3O2. The fourth-order valence-corrected chi connectivity index (χ4v) is 3.23. The summed E-state index contributed by atoms with van der Waals surface area (Å²) in [6.07, 6.45) is 2.82. The Hall–Kier alpha value is -1.75. The average molecular weight is 348 g/mol. The second-order valence-electron chi connectivity index (χ2n) is 7.16. The van der Waals surface area contributed by atoms with E-state index in [4.69, 9.17) is 4.74 Å². The molecule has 0 bridgehead atoms. The highest BCUT2D eigenvalue weighted by Gasteiger charge is 2.18. The molecule has 140 valence electrons. The Morgan fingerprint density at radius 2 is 1.88 bits per heavy atom. The molecule has 1 aromatic carbocycles. The van der Waals surface area contributed by atoms with Gasteiger partial charge in [-0.25, -0.2) is 0 Å². The van der Waals surface area contributed by atoms with Crippen LogP contribution in [0.3, 0.4) is 0 Å². The van der Waals surface area contributed by atoms with Crippen LogP contribution in [0.25, 0.3) is 0 Å². The molecule has 0 spiro atoms. The third kappa shape index (κ3) is 6.58. The summed E-state index contributed by atoms with van der Waals surface area (Å²) in [5, 5.41) is 3.01. The van der Waals surface area contributed by atoms with Crippen molar-refractivity contribution in [3.05, 3.63) is 24.3 Å². The number of carbonyl (C=O) groups is 1. The first-order valence-electron chi connectivity index (χ1n) is 9.47. The number of amides is 1. The molecule has 2 rings (SSSR count). The molecule has 1 aromatic rings. The molecule has 1 aliphatic rings. The van der Waals surface area contributed by atoms with E-state index in [0.717, 1.165) is 57.9 Å². The zero-order valence-corrected chi connectivity index (χ0v) is 16.0. The lowest BCUT2D eigenvalue weighted by atomic mass is 10.1. The Morgan fingerprint density at radius 1 is 1.16 bits per heavy atom. The van der Waals surface area contributed by atoms with Gasteiger partial charge in [0.2, 0.25) is 5.91 Å². The molecular weight excluding hydrogens is 314 g/mol. The highest BCUT2D eigenvalue weighted by Crippen LogP contribution is 2.28. The SMILES string of the molecule is COc1ccccc1N1CCN(CCCCNC(=O)CC(C)C)CC1. The zero-order valence-electron chi connectivity index (χ0n) is 16.0. The Morgan fingerprint density at radius 3 is 2.56 bits per heavy atom. The van der Waals surface area contributed by atoms with Crippen molar-refractivity contribution in [2.45, 2.75) is 33.1 Å². The second kappa shape index (κ2) is 10.3. The van der Waals surface area contributed by atoms with Gasteiger partial charge in [-0.1, -0.05) is 26.0 Å². The maximum absolute atomic E-state index is 11.6. The molecule has 0 saturated carbocycles. The quantitative estimate of drug-likeness (QED) is 0.698. The van der Waals surface area contributed by atoms with Crippen LogP contribution in [0.2, 0.25) is 0 Å². The number of benzene rings is 1. The van der Waals surface area contributed by atoms with Crippen molar-refractivity contribution in [2.24, 2.45) is 5.92 Å². The average Bonchev–Trinajstić information content (AvgIpc) is 2.61. The summed E-state index contributed by atoms with van der Waals surface area (Å²) in [4.78, 5) is 16.5. The van der Waals surface area contributed by atoms with Crippen molar-refractivity contribution in [2.75, 3.05) is 51.3 Å². The largest absolute Gasteiger partial charge is 0.495 e. The van der Waals surface area contributed by atoms with Gasteiger partial charge in [0.1, 0.15) is 5.75 Å². The number of piperazine rings is 1. The van der Waals surface area contributed by atoms with E-state index in [1.165, 1.54) is 5.69 Å². The molecule has 1 fully saturated rings. The van der Waals surface area contributed by atoms with Crippen molar-refractivity contribution in [1.82, 2.24) is 10.2 Å². The number of hydrogen-bond donors (Lipinski definition) is 1. The lowest BCUT2D eigenvalue weighted by Gasteiger charge is -2.36. The topological polar surface area (TPSA) is 44.8 Å². The normalized spacial score (nSPS) is 15.4. The number of rotatable bonds is 9. The summed E-state index contributed by atoms with van der Waals surface area (Å²) in [6.45, 7) is 10.3. The number of para-hydroxylation sites is 2. The molecule has 0 atom stereocenters. The smallest absolute Gasteiger partial charge is 0.220 e. The van der Waals surface area contributed by atoms with E-state index in [9.17, 15) is 4.79 Å². The maximum Gasteiger partial charge on any atom is 0.220 e. The summed E-state index contributed by atoms with van der Waals surface area (Å²) in [6, 6.07) is 8.24. The van der Waals surface area contributed by atoms with Gasteiger partial charge >= 0.3 is 0 Å². The summed E-state index contributed by atoms with van der Waals surface area (Å²) < 4.78 is 5.47. The Bertz CT molecular complexity index is 525. The van der Waals surface area contributed by atoms with Crippen LogP contribution >= 0.6 is 0 Å². The van der Waals surface area contributed by atoms with Gasteiger partial charge in [-0.05, 0) is 37.4 Å². The second-order valence-corrected chi connectivity index (χ2v) is 7.16.